The first-order chi connectivity index (χ1) is 12.1. The molecule has 0 bridgehead atoms. The molecule has 2 aromatic carbocycles. The predicted molar refractivity (Wildman–Crippen MR) is 102 cm³/mol. The Balaban J connectivity index is 1.67. The number of aryl methyl sites for hydroxylation is 2. The lowest BCUT2D eigenvalue weighted by molar-refractivity contribution is 0.102. The van der Waals surface area contributed by atoms with Gasteiger partial charge >= 0.3 is 0 Å². The summed E-state index contributed by atoms with van der Waals surface area (Å²) in [6.07, 6.45) is 3.30. The van der Waals surface area contributed by atoms with Crippen LogP contribution in [0.4, 0.5) is 11.4 Å². The Bertz CT molecular complexity index is 872. The fourth-order valence-corrected chi connectivity index (χ4v) is 2.51. The second kappa shape index (κ2) is 7.62. The molecule has 0 unspecified atom stereocenters. The van der Waals surface area contributed by atoms with Crippen molar-refractivity contribution in [3.05, 3.63) is 89.2 Å². The van der Waals surface area contributed by atoms with Gasteiger partial charge in [0.2, 0.25) is 0 Å². The van der Waals surface area contributed by atoms with Gasteiger partial charge < -0.3 is 10.6 Å². The third-order valence-electron chi connectivity index (χ3n) is 4.05. The van der Waals surface area contributed by atoms with Crippen molar-refractivity contribution in [2.24, 2.45) is 0 Å². The van der Waals surface area contributed by atoms with Crippen LogP contribution in [-0.2, 0) is 6.54 Å². The summed E-state index contributed by atoms with van der Waals surface area (Å²) in [6, 6.07) is 17.7. The molecule has 0 aliphatic carbocycles. The number of anilines is 2. The van der Waals surface area contributed by atoms with Crippen molar-refractivity contribution >= 4 is 17.3 Å². The van der Waals surface area contributed by atoms with Crippen molar-refractivity contribution in [1.82, 2.24) is 4.98 Å². The monoisotopic (exact) mass is 331 g/mol. The lowest BCUT2D eigenvalue weighted by Crippen LogP contribution is -2.12. The van der Waals surface area contributed by atoms with Gasteiger partial charge in [-0.05, 0) is 43.2 Å². The first-order valence-corrected chi connectivity index (χ1v) is 8.23. The van der Waals surface area contributed by atoms with E-state index < -0.39 is 0 Å². The topological polar surface area (TPSA) is 54.0 Å². The quantitative estimate of drug-likeness (QED) is 0.720. The minimum Gasteiger partial charge on any atom is -0.380 e. The molecule has 0 saturated carbocycles. The first-order valence-electron chi connectivity index (χ1n) is 8.23. The third-order valence-corrected chi connectivity index (χ3v) is 4.05. The van der Waals surface area contributed by atoms with Crippen LogP contribution in [0.3, 0.4) is 0 Å². The molecule has 4 heteroatoms. The highest BCUT2D eigenvalue weighted by Crippen LogP contribution is 2.15. The molecule has 0 spiro atoms. The highest BCUT2D eigenvalue weighted by molar-refractivity contribution is 6.04. The number of carbonyl (C=O) groups excluding carboxylic acids is 1. The van der Waals surface area contributed by atoms with E-state index in [4.69, 9.17) is 0 Å². The van der Waals surface area contributed by atoms with E-state index in [2.05, 4.69) is 34.7 Å². The molecular formula is C21H21N3O. The number of carbonyl (C=O) groups is 1. The molecule has 0 fully saturated rings. The van der Waals surface area contributed by atoms with Crippen LogP contribution in [-0.4, -0.2) is 10.9 Å². The number of hydrogen-bond donors (Lipinski definition) is 2. The highest BCUT2D eigenvalue weighted by atomic mass is 16.1. The zero-order chi connectivity index (χ0) is 17.6. The summed E-state index contributed by atoms with van der Waals surface area (Å²) in [4.78, 5) is 16.6. The van der Waals surface area contributed by atoms with Gasteiger partial charge in [0.1, 0.15) is 0 Å². The van der Waals surface area contributed by atoms with Crippen LogP contribution in [0, 0.1) is 13.8 Å². The average Bonchev–Trinajstić information content (AvgIpc) is 2.63. The zero-order valence-electron chi connectivity index (χ0n) is 14.4. The Morgan fingerprint density at radius 3 is 2.48 bits per heavy atom. The highest BCUT2D eigenvalue weighted by Gasteiger charge is 2.08. The maximum atomic E-state index is 12.4. The fourth-order valence-electron chi connectivity index (χ4n) is 2.51. The second-order valence-electron chi connectivity index (χ2n) is 6.06. The molecule has 0 aliphatic rings. The molecule has 0 atom stereocenters. The largest absolute Gasteiger partial charge is 0.380 e. The van der Waals surface area contributed by atoms with Crippen LogP contribution in [0.25, 0.3) is 0 Å². The Morgan fingerprint density at radius 2 is 1.72 bits per heavy atom. The average molecular weight is 331 g/mol. The van der Waals surface area contributed by atoms with Gasteiger partial charge in [-0.25, -0.2) is 0 Å². The van der Waals surface area contributed by atoms with Crippen molar-refractivity contribution in [2.45, 2.75) is 20.4 Å². The first kappa shape index (κ1) is 16.7. The molecule has 0 saturated heterocycles. The third kappa shape index (κ3) is 4.44. The summed E-state index contributed by atoms with van der Waals surface area (Å²) < 4.78 is 0. The van der Waals surface area contributed by atoms with Gasteiger partial charge in [-0.2, -0.15) is 0 Å². The van der Waals surface area contributed by atoms with E-state index in [0.717, 1.165) is 16.9 Å². The van der Waals surface area contributed by atoms with E-state index in [1.165, 1.54) is 11.1 Å². The number of benzene rings is 2. The van der Waals surface area contributed by atoms with E-state index in [1.54, 1.807) is 12.4 Å². The van der Waals surface area contributed by atoms with Gasteiger partial charge in [0.25, 0.3) is 5.91 Å². The molecule has 126 valence electrons. The van der Waals surface area contributed by atoms with E-state index >= 15 is 0 Å². The van der Waals surface area contributed by atoms with Crippen LogP contribution in [0.2, 0.25) is 0 Å². The van der Waals surface area contributed by atoms with Crippen molar-refractivity contribution in [3.8, 4) is 0 Å². The van der Waals surface area contributed by atoms with Crippen LogP contribution in [0.15, 0.2) is 67.0 Å². The molecule has 3 rings (SSSR count). The van der Waals surface area contributed by atoms with Crippen LogP contribution in [0.1, 0.15) is 27.0 Å². The molecule has 2 N–H and O–H groups in total. The summed E-state index contributed by atoms with van der Waals surface area (Å²) >= 11 is 0. The SMILES string of the molecule is Cc1ccc(NC(=O)c2cncc(NCc3ccccc3C)c2)cc1. The van der Waals surface area contributed by atoms with Gasteiger partial charge in [-0.1, -0.05) is 42.0 Å². The number of pyridine rings is 1. The Kier molecular flexibility index (Phi) is 5.09. The molecule has 4 nitrogen and oxygen atoms in total. The number of rotatable bonds is 5. The predicted octanol–water partition coefficient (Wildman–Crippen LogP) is 4.56. The van der Waals surface area contributed by atoms with Gasteiger partial charge in [-0.3, -0.25) is 9.78 Å². The molecule has 1 aromatic heterocycles. The van der Waals surface area contributed by atoms with Crippen LogP contribution >= 0.6 is 0 Å². The van der Waals surface area contributed by atoms with Crippen LogP contribution < -0.4 is 10.6 Å². The minimum atomic E-state index is -0.170. The second-order valence-corrected chi connectivity index (χ2v) is 6.06. The lowest BCUT2D eigenvalue weighted by atomic mass is 10.1. The van der Waals surface area contributed by atoms with Crippen LogP contribution in [0.5, 0.6) is 0 Å². The molecule has 1 amide bonds. The van der Waals surface area contributed by atoms with Crippen molar-refractivity contribution < 1.29 is 4.79 Å². The number of hydrogen-bond acceptors (Lipinski definition) is 3. The van der Waals surface area contributed by atoms with E-state index in [0.29, 0.717) is 12.1 Å². The number of nitrogens with one attached hydrogen (secondary N) is 2. The van der Waals surface area contributed by atoms with Gasteiger partial charge in [0, 0.05) is 24.6 Å². The van der Waals surface area contributed by atoms with Gasteiger partial charge in [-0.15, -0.1) is 0 Å². The van der Waals surface area contributed by atoms with Crippen molar-refractivity contribution in [2.75, 3.05) is 10.6 Å². The molecule has 1 heterocycles. The maximum Gasteiger partial charge on any atom is 0.257 e. The standard InChI is InChI=1S/C21H21N3O/c1-15-7-9-19(10-8-15)24-21(25)18-11-20(14-22-12-18)23-13-17-6-4-3-5-16(17)2/h3-12,14,23H,13H2,1-2H3,(H,24,25). The van der Waals surface area contributed by atoms with Crippen molar-refractivity contribution in [3.63, 3.8) is 0 Å². The molecule has 25 heavy (non-hydrogen) atoms. The molecular weight excluding hydrogens is 310 g/mol. The van der Waals surface area contributed by atoms with E-state index in [-0.39, 0.29) is 5.91 Å². The summed E-state index contributed by atoms with van der Waals surface area (Å²) in [5, 5.41) is 6.21. The zero-order valence-corrected chi connectivity index (χ0v) is 14.4. The normalized spacial score (nSPS) is 10.3. The molecule has 0 aliphatic heterocycles. The summed E-state index contributed by atoms with van der Waals surface area (Å²) in [5.41, 5.74) is 5.72. The summed E-state index contributed by atoms with van der Waals surface area (Å²) in [5.74, 6) is -0.170. The fraction of sp³-hybridized carbons (Fsp3) is 0.143. The molecule has 0 radical (unpaired) electrons. The Labute approximate surface area is 147 Å². The lowest BCUT2D eigenvalue weighted by Gasteiger charge is -2.10. The number of nitrogens with zero attached hydrogens (tertiary/aromatic N) is 1. The summed E-state index contributed by atoms with van der Waals surface area (Å²) in [7, 11) is 0. The Hall–Kier alpha value is -3.14. The van der Waals surface area contributed by atoms with Gasteiger partial charge in [0.15, 0.2) is 0 Å². The maximum absolute atomic E-state index is 12.4. The van der Waals surface area contributed by atoms with E-state index in [9.17, 15) is 4.79 Å². The van der Waals surface area contributed by atoms with Crippen molar-refractivity contribution in [1.29, 1.82) is 0 Å². The van der Waals surface area contributed by atoms with Gasteiger partial charge in [0.05, 0.1) is 11.3 Å². The minimum absolute atomic E-state index is 0.170. The number of aromatic nitrogens is 1. The number of amides is 1. The summed E-state index contributed by atoms with van der Waals surface area (Å²) in [6.45, 7) is 4.79. The smallest absolute Gasteiger partial charge is 0.257 e. The van der Waals surface area contributed by atoms with E-state index in [1.807, 2.05) is 49.4 Å². The molecule has 3 aromatic rings. The Morgan fingerprint density at radius 1 is 0.960 bits per heavy atom.